The Morgan fingerprint density at radius 1 is 1.30 bits per heavy atom. The van der Waals surface area contributed by atoms with Gasteiger partial charge in [0, 0.05) is 22.9 Å². The number of likely N-dealkylation sites (N-methyl/N-ethyl adjacent to an activating group) is 1. The van der Waals surface area contributed by atoms with Crippen LogP contribution in [0.5, 0.6) is 0 Å². The highest BCUT2D eigenvalue weighted by Crippen LogP contribution is 2.30. The second-order valence-electron chi connectivity index (χ2n) is 4.04. The highest BCUT2D eigenvalue weighted by Gasteiger charge is 2.18. The molecule has 1 aromatic rings. The summed E-state index contributed by atoms with van der Waals surface area (Å²) in [5.41, 5.74) is 0.104. The molecular formula is C12H12Br2N2O4. The van der Waals surface area contributed by atoms with Gasteiger partial charge in [-0.2, -0.15) is 0 Å². The van der Waals surface area contributed by atoms with Crippen molar-refractivity contribution < 1.29 is 19.5 Å². The van der Waals surface area contributed by atoms with Crippen molar-refractivity contribution in [3.63, 3.8) is 0 Å². The van der Waals surface area contributed by atoms with Crippen LogP contribution < -0.4 is 5.32 Å². The first-order valence-electron chi connectivity index (χ1n) is 5.46. The molecule has 6 nitrogen and oxygen atoms in total. The molecule has 0 aliphatic rings. The third kappa shape index (κ3) is 4.31. The maximum Gasteiger partial charge on any atom is 0.337 e. The van der Waals surface area contributed by atoms with Crippen LogP contribution in [-0.4, -0.2) is 41.4 Å². The van der Waals surface area contributed by atoms with E-state index in [1.807, 2.05) is 0 Å². The average molecular weight is 408 g/mol. The van der Waals surface area contributed by atoms with Crippen LogP contribution in [0, 0.1) is 0 Å². The van der Waals surface area contributed by atoms with Crippen LogP contribution in [0.25, 0.3) is 0 Å². The van der Waals surface area contributed by atoms with Crippen molar-refractivity contribution in [2.75, 3.05) is 18.9 Å². The van der Waals surface area contributed by atoms with Gasteiger partial charge in [0.1, 0.15) is 0 Å². The minimum atomic E-state index is -1.16. The lowest BCUT2D eigenvalue weighted by Gasteiger charge is -2.16. The number of hydrogen-bond acceptors (Lipinski definition) is 3. The smallest absolute Gasteiger partial charge is 0.337 e. The van der Waals surface area contributed by atoms with Crippen LogP contribution in [0.15, 0.2) is 21.1 Å². The van der Waals surface area contributed by atoms with Gasteiger partial charge < -0.3 is 15.3 Å². The molecule has 0 aromatic heterocycles. The van der Waals surface area contributed by atoms with E-state index in [9.17, 15) is 14.4 Å². The van der Waals surface area contributed by atoms with E-state index in [0.717, 1.165) is 0 Å². The number of hydrogen-bond donors (Lipinski definition) is 2. The number of benzene rings is 1. The molecule has 20 heavy (non-hydrogen) atoms. The summed E-state index contributed by atoms with van der Waals surface area (Å²) in [7, 11) is 1.48. The molecule has 0 aliphatic carbocycles. The van der Waals surface area contributed by atoms with Crippen molar-refractivity contribution in [2.24, 2.45) is 0 Å². The van der Waals surface area contributed by atoms with Crippen LogP contribution in [0.4, 0.5) is 5.69 Å². The lowest BCUT2D eigenvalue weighted by Crippen LogP contribution is -2.33. The van der Waals surface area contributed by atoms with Crippen molar-refractivity contribution in [3.05, 3.63) is 26.6 Å². The SMILES string of the molecule is CC(=O)N(C)CC(=O)Nc1c(Br)cc(Br)cc1C(=O)O. The molecule has 108 valence electrons. The van der Waals surface area contributed by atoms with E-state index >= 15 is 0 Å². The maximum atomic E-state index is 11.8. The van der Waals surface area contributed by atoms with Crippen molar-refractivity contribution in [2.45, 2.75) is 6.92 Å². The van der Waals surface area contributed by atoms with Gasteiger partial charge in [0.05, 0.1) is 17.8 Å². The predicted molar refractivity (Wildman–Crippen MR) is 80.7 cm³/mol. The summed E-state index contributed by atoms with van der Waals surface area (Å²) in [6.07, 6.45) is 0. The molecule has 0 atom stereocenters. The van der Waals surface area contributed by atoms with Gasteiger partial charge in [-0.1, -0.05) is 15.9 Å². The van der Waals surface area contributed by atoms with Gasteiger partial charge in [0.25, 0.3) is 0 Å². The molecule has 1 aromatic carbocycles. The maximum absolute atomic E-state index is 11.8. The van der Waals surface area contributed by atoms with Crippen LogP contribution in [0.3, 0.4) is 0 Å². The van der Waals surface area contributed by atoms with Crippen LogP contribution in [0.1, 0.15) is 17.3 Å². The Balaban J connectivity index is 3.00. The largest absolute Gasteiger partial charge is 0.478 e. The normalized spacial score (nSPS) is 10.0. The number of nitrogens with one attached hydrogen (secondary N) is 1. The van der Waals surface area contributed by atoms with E-state index in [-0.39, 0.29) is 23.7 Å². The number of carboxylic acid groups (broad SMARTS) is 1. The van der Waals surface area contributed by atoms with Crippen molar-refractivity contribution in [3.8, 4) is 0 Å². The third-order valence-electron chi connectivity index (χ3n) is 2.47. The fourth-order valence-corrected chi connectivity index (χ4v) is 2.70. The van der Waals surface area contributed by atoms with Gasteiger partial charge in [-0.15, -0.1) is 0 Å². The third-order valence-corrected chi connectivity index (χ3v) is 3.55. The highest BCUT2D eigenvalue weighted by atomic mass is 79.9. The summed E-state index contributed by atoms with van der Waals surface area (Å²) >= 11 is 6.38. The Bertz CT molecular complexity index is 575. The molecule has 8 heteroatoms. The summed E-state index contributed by atoms with van der Waals surface area (Å²) in [6, 6.07) is 3.01. The zero-order valence-corrected chi connectivity index (χ0v) is 13.9. The van der Waals surface area contributed by atoms with E-state index in [0.29, 0.717) is 8.95 Å². The Morgan fingerprint density at radius 3 is 2.40 bits per heavy atom. The number of carboxylic acids is 1. The monoisotopic (exact) mass is 406 g/mol. The first-order chi connectivity index (χ1) is 9.22. The molecule has 0 spiro atoms. The molecule has 0 aliphatic heterocycles. The lowest BCUT2D eigenvalue weighted by atomic mass is 10.2. The Labute approximate surface area is 132 Å². The molecule has 2 amide bonds. The summed E-state index contributed by atoms with van der Waals surface area (Å²) in [5.74, 6) is -1.90. The van der Waals surface area contributed by atoms with Gasteiger partial charge in [-0.3, -0.25) is 9.59 Å². The molecule has 0 bridgehead atoms. The van der Waals surface area contributed by atoms with Gasteiger partial charge >= 0.3 is 5.97 Å². The molecule has 2 N–H and O–H groups in total. The number of carbonyl (C=O) groups is 3. The number of nitrogens with zero attached hydrogens (tertiary/aromatic N) is 1. The van der Waals surface area contributed by atoms with E-state index in [1.165, 1.54) is 24.9 Å². The summed E-state index contributed by atoms with van der Waals surface area (Å²) in [4.78, 5) is 35.3. The van der Waals surface area contributed by atoms with E-state index in [2.05, 4.69) is 37.2 Å². The number of aromatic carboxylic acids is 1. The van der Waals surface area contributed by atoms with Gasteiger partial charge in [-0.05, 0) is 28.1 Å². The fourth-order valence-electron chi connectivity index (χ4n) is 1.38. The molecule has 0 saturated carbocycles. The number of carbonyl (C=O) groups excluding carboxylic acids is 2. The Hall–Kier alpha value is -1.41. The second-order valence-corrected chi connectivity index (χ2v) is 5.81. The zero-order valence-electron chi connectivity index (χ0n) is 10.7. The highest BCUT2D eigenvalue weighted by molar-refractivity contribution is 9.11. The van der Waals surface area contributed by atoms with Crippen molar-refractivity contribution >= 4 is 55.3 Å². The van der Waals surface area contributed by atoms with Crippen LogP contribution in [-0.2, 0) is 9.59 Å². The lowest BCUT2D eigenvalue weighted by molar-refractivity contribution is -0.131. The first kappa shape index (κ1) is 16.6. The van der Waals surface area contributed by atoms with Gasteiger partial charge in [0.15, 0.2) is 0 Å². The number of rotatable bonds is 4. The summed E-state index contributed by atoms with van der Waals surface area (Å²) in [5, 5.41) is 11.6. The molecule has 0 saturated heterocycles. The Morgan fingerprint density at radius 2 is 1.90 bits per heavy atom. The quantitative estimate of drug-likeness (QED) is 0.801. The average Bonchev–Trinajstić information content (AvgIpc) is 2.31. The molecule has 0 heterocycles. The van der Waals surface area contributed by atoms with Gasteiger partial charge in [0.2, 0.25) is 11.8 Å². The molecular weight excluding hydrogens is 396 g/mol. The predicted octanol–water partition coefficient (Wildman–Crippen LogP) is 2.33. The minimum absolute atomic E-state index is 0.0509. The zero-order chi connectivity index (χ0) is 15.4. The van der Waals surface area contributed by atoms with Gasteiger partial charge in [-0.25, -0.2) is 4.79 Å². The standard InChI is InChI=1S/C12H12Br2N2O4/c1-6(17)16(2)5-10(18)15-11-8(12(19)20)3-7(13)4-9(11)14/h3-4H,5H2,1-2H3,(H,15,18)(H,19,20). The second kappa shape index (κ2) is 6.85. The van der Waals surface area contributed by atoms with Crippen molar-refractivity contribution in [1.29, 1.82) is 0 Å². The number of halogens is 2. The van der Waals surface area contributed by atoms with E-state index in [4.69, 9.17) is 5.11 Å². The molecule has 1 rings (SSSR count). The van der Waals surface area contributed by atoms with Crippen LogP contribution in [0.2, 0.25) is 0 Å². The topological polar surface area (TPSA) is 86.7 Å². The van der Waals surface area contributed by atoms with Crippen molar-refractivity contribution in [1.82, 2.24) is 4.90 Å². The first-order valence-corrected chi connectivity index (χ1v) is 7.05. The number of anilines is 1. The summed E-state index contributed by atoms with van der Waals surface area (Å²) < 4.78 is 1.00. The van der Waals surface area contributed by atoms with E-state index in [1.54, 1.807) is 6.07 Å². The summed E-state index contributed by atoms with van der Waals surface area (Å²) in [6.45, 7) is 1.18. The molecule has 0 fully saturated rings. The van der Waals surface area contributed by atoms with E-state index < -0.39 is 11.9 Å². The fraction of sp³-hybridized carbons (Fsp3) is 0.250. The molecule has 0 unspecified atom stereocenters. The minimum Gasteiger partial charge on any atom is -0.478 e. The van der Waals surface area contributed by atoms with Crippen LogP contribution >= 0.6 is 31.9 Å². The molecule has 0 radical (unpaired) electrons. The number of amides is 2. The Kier molecular flexibility index (Phi) is 5.70.